The highest BCUT2D eigenvalue weighted by molar-refractivity contribution is 7.91. The Bertz CT molecular complexity index is 416. The van der Waals surface area contributed by atoms with E-state index in [0.717, 1.165) is 18.5 Å². The average molecular weight is 226 g/mol. The highest BCUT2D eigenvalue weighted by atomic mass is 32.2. The lowest BCUT2D eigenvalue weighted by Crippen LogP contribution is -2.34. The van der Waals surface area contributed by atoms with Gasteiger partial charge in [-0.05, 0) is 25.0 Å². The summed E-state index contributed by atoms with van der Waals surface area (Å²) in [4.78, 5) is 3.91. The Hall–Kier alpha value is -1.10. The van der Waals surface area contributed by atoms with Gasteiger partial charge in [-0.2, -0.15) is 0 Å². The zero-order valence-electron chi connectivity index (χ0n) is 8.39. The Morgan fingerprint density at radius 3 is 2.73 bits per heavy atom. The molecule has 5 heteroatoms. The average Bonchev–Trinajstić information content (AvgIpc) is 2.17. The maximum atomic E-state index is 11.4. The van der Waals surface area contributed by atoms with Crippen molar-refractivity contribution in [3.05, 3.63) is 24.5 Å². The van der Waals surface area contributed by atoms with Crippen molar-refractivity contribution >= 4 is 15.5 Å². The summed E-state index contributed by atoms with van der Waals surface area (Å²) in [5.41, 5.74) is 0.937. The number of rotatable bonds is 2. The van der Waals surface area contributed by atoms with E-state index >= 15 is 0 Å². The van der Waals surface area contributed by atoms with Crippen molar-refractivity contribution < 1.29 is 8.42 Å². The highest BCUT2D eigenvalue weighted by Gasteiger charge is 2.24. The molecule has 1 unspecified atom stereocenters. The second-order valence-corrected chi connectivity index (χ2v) is 6.06. The van der Waals surface area contributed by atoms with E-state index in [1.165, 1.54) is 0 Å². The fourth-order valence-corrected chi connectivity index (χ4v) is 3.46. The molecule has 1 saturated heterocycles. The molecule has 0 saturated carbocycles. The molecule has 0 bridgehead atoms. The summed E-state index contributed by atoms with van der Waals surface area (Å²) < 4.78 is 22.8. The number of sulfone groups is 1. The second-order valence-electron chi connectivity index (χ2n) is 3.83. The molecule has 2 heterocycles. The quantitative estimate of drug-likeness (QED) is 0.819. The summed E-state index contributed by atoms with van der Waals surface area (Å²) in [6.45, 7) is 0. The van der Waals surface area contributed by atoms with Crippen LogP contribution >= 0.6 is 0 Å². The molecule has 0 amide bonds. The smallest absolute Gasteiger partial charge is 0.152 e. The lowest BCUT2D eigenvalue weighted by molar-refractivity contribution is 0.562. The molecule has 1 aromatic heterocycles. The molecule has 0 radical (unpaired) electrons. The van der Waals surface area contributed by atoms with Gasteiger partial charge in [0.15, 0.2) is 9.84 Å². The maximum Gasteiger partial charge on any atom is 0.152 e. The highest BCUT2D eigenvalue weighted by Crippen LogP contribution is 2.16. The second kappa shape index (κ2) is 4.18. The molecule has 1 atom stereocenters. The Balaban J connectivity index is 2.01. The predicted octanol–water partition coefficient (Wildman–Crippen LogP) is 1.07. The molecule has 1 fully saturated rings. The van der Waals surface area contributed by atoms with Crippen molar-refractivity contribution in [3.8, 4) is 0 Å². The van der Waals surface area contributed by atoms with E-state index in [1.54, 1.807) is 12.4 Å². The van der Waals surface area contributed by atoms with E-state index in [1.807, 2.05) is 12.1 Å². The molecule has 82 valence electrons. The van der Waals surface area contributed by atoms with E-state index < -0.39 is 9.84 Å². The standard InChI is InChI=1S/C10H14N2O2S/c13-15(14)7-1-2-10(8-15)12-9-3-5-11-6-4-9/h3-6,10H,1-2,7-8H2,(H,11,12). The topological polar surface area (TPSA) is 59.1 Å². The number of hydrogen-bond donors (Lipinski definition) is 1. The van der Waals surface area contributed by atoms with Gasteiger partial charge >= 0.3 is 0 Å². The van der Waals surface area contributed by atoms with Crippen LogP contribution < -0.4 is 5.32 Å². The van der Waals surface area contributed by atoms with Crippen LogP contribution in [0.25, 0.3) is 0 Å². The first-order valence-electron chi connectivity index (χ1n) is 5.03. The lowest BCUT2D eigenvalue weighted by Gasteiger charge is -2.23. The molecule has 0 aromatic carbocycles. The summed E-state index contributed by atoms with van der Waals surface area (Å²) in [5.74, 6) is 0.580. The van der Waals surface area contributed by atoms with Crippen LogP contribution in [0, 0.1) is 0 Å². The van der Waals surface area contributed by atoms with Crippen molar-refractivity contribution in [2.45, 2.75) is 18.9 Å². The van der Waals surface area contributed by atoms with Crippen molar-refractivity contribution in [1.29, 1.82) is 0 Å². The monoisotopic (exact) mass is 226 g/mol. The fourth-order valence-electron chi connectivity index (χ4n) is 1.82. The predicted molar refractivity (Wildman–Crippen MR) is 59.5 cm³/mol. The molecule has 15 heavy (non-hydrogen) atoms. The third-order valence-electron chi connectivity index (χ3n) is 2.51. The van der Waals surface area contributed by atoms with Crippen LogP contribution in [0.3, 0.4) is 0 Å². The van der Waals surface area contributed by atoms with Crippen molar-refractivity contribution in [2.75, 3.05) is 16.8 Å². The number of nitrogens with zero attached hydrogens (tertiary/aromatic N) is 1. The van der Waals surface area contributed by atoms with E-state index in [4.69, 9.17) is 0 Å². The van der Waals surface area contributed by atoms with Gasteiger partial charge in [0.05, 0.1) is 11.5 Å². The Morgan fingerprint density at radius 1 is 1.33 bits per heavy atom. The minimum absolute atomic E-state index is 0.0474. The summed E-state index contributed by atoms with van der Waals surface area (Å²) >= 11 is 0. The van der Waals surface area contributed by atoms with Gasteiger partial charge in [-0.15, -0.1) is 0 Å². The zero-order chi connectivity index (χ0) is 10.7. The van der Waals surface area contributed by atoms with Gasteiger partial charge in [-0.3, -0.25) is 4.98 Å². The largest absolute Gasteiger partial charge is 0.381 e. The molecule has 1 N–H and O–H groups in total. The minimum Gasteiger partial charge on any atom is -0.381 e. The van der Waals surface area contributed by atoms with Gasteiger partial charge in [0.1, 0.15) is 0 Å². The fraction of sp³-hybridized carbons (Fsp3) is 0.500. The van der Waals surface area contributed by atoms with Gasteiger partial charge in [0, 0.05) is 24.1 Å². The Kier molecular flexibility index (Phi) is 2.90. The summed E-state index contributed by atoms with van der Waals surface area (Å²) in [6.07, 6.45) is 5.06. The zero-order valence-corrected chi connectivity index (χ0v) is 9.20. The molecule has 1 aliphatic heterocycles. The van der Waals surface area contributed by atoms with Crippen LogP contribution in [0.4, 0.5) is 5.69 Å². The number of aromatic nitrogens is 1. The van der Waals surface area contributed by atoms with E-state index in [9.17, 15) is 8.42 Å². The first kappa shape index (κ1) is 10.4. The summed E-state index contributed by atoms with van der Waals surface area (Å²) in [7, 11) is -2.83. The van der Waals surface area contributed by atoms with E-state index in [-0.39, 0.29) is 11.8 Å². The SMILES string of the molecule is O=S1(=O)CCCC(Nc2ccncc2)C1. The molecule has 1 aromatic rings. The lowest BCUT2D eigenvalue weighted by atomic mass is 10.2. The Morgan fingerprint density at radius 2 is 2.07 bits per heavy atom. The molecular formula is C10H14N2O2S. The first-order valence-corrected chi connectivity index (χ1v) is 6.85. The van der Waals surface area contributed by atoms with Crippen LogP contribution in [-0.4, -0.2) is 30.9 Å². The number of pyridine rings is 1. The molecule has 2 rings (SSSR count). The maximum absolute atomic E-state index is 11.4. The van der Waals surface area contributed by atoms with Crippen molar-refractivity contribution in [1.82, 2.24) is 4.98 Å². The molecule has 0 aliphatic carbocycles. The molecule has 0 spiro atoms. The van der Waals surface area contributed by atoms with Crippen molar-refractivity contribution in [2.24, 2.45) is 0 Å². The van der Waals surface area contributed by atoms with E-state index in [0.29, 0.717) is 5.75 Å². The van der Waals surface area contributed by atoms with Crippen LogP contribution in [0.1, 0.15) is 12.8 Å². The van der Waals surface area contributed by atoms with Crippen LogP contribution in [0.5, 0.6) is 0 Å². The first-order chi connectivity index (χ1) is 7.16. The van der Waals surface area contributed by atoms with Gasteiger partial charge in [0.25, 0.3) is 0 Å². The third kappa shape index (κ3) is 2.92. The summed E-state index contributed by atoms with van der Waals surface area (Å²) in [5, 5.41) is 3.22. The molecule has 4 nitrogen and oxygen atoms in total. The van der Waals surface area contributed by atoms with Gasteiger partial charge in [-0.1, -0.05) is 0 Å². The van der Waals surface area contributed by atoms with Crippen LogP contribution in [-0.2, 0) is 9.84 Å². The normalized spacial score (nSPS) is 24.7. The number of hydrogen-bond acceptors (Lipinski definition) is 4. The van der Waals surface area contributed by atoms with Crippen LogP contribution in [0.15, 0.2) is 24.5 Å². The van der Waals surface area contributed by atoms with E-state index in [2.05, 4.69) is 10.3 Å². The van der Waals surface area contributed by atoms with Crippen LogP contribution in [0.2, 0.25) is 0 Å². The number of anilines is 1. The number of nitrogens with one attached hydrogen (secondary N) is 1. The molecular weight excluding hydrogens is 212 g/mol. The minimum atomic E-state index is -2.83. The summed E-state index contributed by atoms with van der Waals surface area (Å²) in [6, 6.07) is 3.74. The van der Waals surface area contributed by atoms with Gasteiger partial charge in [-0.25, -0.2) is 8.42 Å². The van der Waals surface area contributed by atoms with Crippen molar-refractivity contribution in [3.63, 3.8) is 0 Å². The Labute approximate surface area is 89.6 Å². The van der Waals surface area contributed by atoms with Gasteiger partial charge < -0.3 is 5.32 Å². The molecule has 1 aliphatic rings. The van der Waals surface area contributed by atoms with Gasteiger partial charge in [0.2, 0.25) is 0 Å². The third-order valence-corrected chi connectivity index (χ3v) is 4.34.